The van der Waals surface area contributed by atoms with Gasteiger partial charge in [0, 0.05) is 18.5 Å². The van der Waals surface area contributed by atoms with Crippen LogP contribution in [0.3, 0.4) is 0 Å². The van der Waals surface area contributed by atoms with E-state index < -0.39 is 5.82 Å². The van der Waals surface area contributed by atoms with Gasteiger partial charge in [-0.05, 0) is 12.8 Å². The topological polar surface area (TPSA) is 63.2 Å². The SMILES string of the molecule is CCCc1nc(CNc2ncc(F)c(N3CCOCC3)n2)cs1. The van der Waals surface area contributed by atoms with Crippen LogP contribution in [0.25, 0.3) is 0 Å². The number of anilines is 2. The number of halogens is 1. The van der Waals surface area contributed by atoms with Crippen LogP contribution >= 0.6 is 11.3 Å². The Hall–Kier alpha value is -1.80. The number of ether oxygens (including phenoxy) is 1. The molecule has 1 saturated heterocycles. The van der Waals surface area contributed by atoms with Crippen molar-refractivity contribution in [1.82, 2.24) is 15.0 Å². The Balaban J connectivity index is 1.65. The number of nitrogens with one attached hydrogen (secondary N) is 1. The quantitative estimate of drug-likeness (QED) is 0.874. The van der Waals surface area contributed by atoms with E-state index in [9.17, 15) is 4.39 Å². The van der Waals surface area contributed by atoms with E-state index in [0.717, 1.165) is 23.5 Å². The highest BCUT2D eigenvalue weighted by molar-refractivity contribution is 7.09. The minimum atomic E-state index is -0.406. The van der Waals surface area contributed by atoms with E-state index in [2.05, 4.69) is 27.2 Å². The average molecular weight is 337 g/mol. The maximum atomic E-state index is 14.0. The molecule has 0 aromatic carbocycles. The number of morpholine rings is 1. The summed E-state index contributed by atoms with van der Waals surface area (Å²) in [7, 11) is 0. The molecule has 124 valence electrons. The van der Waals surface area contributed by atoms with E-state index in [0.29, 0.717) is 44.6 Å². The molecule has 1 aliphatic heterocycles. The number of aryl methyl sites for hydroxylation is 1. The maximum Gasteiger partial charge on any atom is 0.225 e. The lowest BCUT2D eigenvalue weighted by Crippen LogP contribution is -2.37. The summed E-state index contributed by atoms with van der Waals surface area (Å²) in [6, 6.07) is 0. The number of aromatic nitrogens is 3. The van der Waals surface area contributed by atoms with Crippen LogP contribution in [0.1, 0.15) is 24.0 Å². The van der Waals surface area contributed by atoms with Crippen LogP contribution in [0, 0.1) is 5.82 Å². The molecule has 2 aromatic rings. The van der Waals surface area contributed by atoms with E-state index >= 15 is 0 Å². The van der Waals surface area contributed by atoms with Crippen molar-refractivity contribution in [2.24, 2.45) is 0 Å². The zero-order valence-corrected chi connectivity index (χ0v) is 13.9. The summed E-state index contributed by atoms with van der Waals surface area (Å²) in [6.07, 6.45) is 3.30. The van der Waals surface area contributed by atoms with E-state index in [4.69, 9.17) is 4.74 Å². The first-order valence-electron chi connectivity index (χ1n) is 7.78. The van der Waals surface area contributed by atoms with Gasteiger partial charge in [0.2, 0.25) is 5.95 Å². The van der Waals surface area contributed by atoms with Crippen LogP contribution in [0.15, 0.2) is 11.6 Å². The van der Waals surface area contributed by atoms with Gasteiger partial charge in [-0.1, -0.05) is 6.92 Å². The van der Waals surface area contributed by atoms with Crippen molar-refractivity contribution in [2.45, 2.75) is 26.3 Å². The van der Waals surface area contributed by atoms with Gasteiger partial charge in [0.05, 0.1) is 36.7 Å². The van der Waals surface area contributed by atoms with Gasteiger partial charge in [-0.15, -0.1) is 11.3 Å². The first-order chi connectivity index (χ1) is 11.3. The summed E-state index contributed by atoms with van der Waals surface area (Å²) in [4.78, 5) is 14.7. The van der Waals surface area contributed by atoms with Gasteiger partial charge < -0.3 is 15.0 Å². The molecule has 8 heteroatoms. The molecule has 0 amide bonds. The summed E-state index contributed by atoms with van der Waals surface area (Å²) in [5, 5.41) is 6.29. The van der Waals surface area contributed by atoms with Gasteiger partial charge >= 0.3 is 0 Å². The number of nitrogens with zero attached hydrogens (tertiary/aromatic N) is 4. The highest BCUT2D eigenvalue weighted by atomic mass is 32.1. The summed E-state index contributed by atoms with van der Waals surface area (Å²) in [5.41, 5.74) is 0.958. The summed E-state index contributed by atoms with van der Waals surface area (Å²) < 4.78 is 19.2. The fraction of sp³-hybridized carbons (Fsp3) is 0.533. The first kappa shape index (κ1) is 16.1. The molecule has 1 fully saturated rings. The first-order valence-corrected chi connectivity index (χ1v) is 8.66. The van der Waals surface area contributed by atoms with Crippen molar-refractivity contribution in [3.63, 3.8) is 0 Å². The number of hydrogen-bond donors (Lipinski definition) is 1. The van der Waals surface area contributed by atoms with Crippen molar-refractivity contribution in [1.29, 1.82) is 0 Å². The molecular weight excluding hydrogens is 317 g/mol. The zero-order valence-electron chi connectivity index (χ0n) is 13.1. The Labute approximate surface area is 138 Å². The molecule has 23 heavy (non-hydrogen) atoms. The van der Waals surface area contributed by atoms with Crippen LogP contribution in [0.5, 0.6) is 0 Å². The van der Waals surface area contributed by atoms with Crippen LogP contribution in [0.4, 0.5) is 16.2 Å². The Kier molecular flexibility index (Phi) is 5.35. The summed E-state index contributed by atoms with van der Waals surface area (Å²) in [5.74, 6) is 0.338. The van der Waals surface area contributed by atoms with Gasteiger partial charge in [0.15, 0.2) is 11.6 Å². The molecule has 0 aliphatic carbocycles. The Morgan fingerprint density at radius 1 is 1.35 bits per heavy atom. The second-order valence-electron chi connectivity index (χ2n) is 5.30. The third-order valence-corrected chi connectivity index (χ3v) is 4.48. The minimum absolute atomic E-state index is 0.329. The predicted octanol–water partition coefficient (Wildman–Crippen LogP) is 2.47. The third-order valence-electron chi connectivity index (χ3n) is 3.53. The molecule has 0 saturated carbocycles. The standard InChI is InChI=1S/C15H20FN5OS/c1-2-3-13-19-11(10-23-13)8-17-15-18-9-12(16)14(20-15)21-4-6-22-7-5-21/h9-10H,2-8H2,1H3,(H,17,18,20). The van der Waals surface area contributed by atoms with E-state index in [1.54, 1.807) is 11.3 Å². The zero-order chi connectivity index (χ0) is 16.1. The van der Waals surface area contributed by atoms with Crippen molar-refractivity contribution in [3.05, 3.63) is 28.1 Å². The van der Waals surface area contributed by atoms with Crippen LogP contribution in [0.2, 0.25) is 0 Å². The van der Waals surface area contributed by atoms with Gasteiger partial charge in [0.25, 0.3) is 0 Å². The molecule has 0 radical (unpaired) electrons. The molecule has 2 aromatic heterocycles. The molecule has 0 atom stereocenters. The fourth-order valence-corrected chi connectivity index (χ4v) is 3.27. The monoisotopic (exact) mass is 337 g/mol. The largest absolute Gasteiger partial charge is 0.378 e. The highest BCUT2D eigenvalue weighted by Crippen LogP contribution is 2.19. The lowest BCUT2D eigenvalue weighted by molar-refractivity contribution is 0.122. The Bertz CT molecular complexity index is 645. The second-order valence-corrected chi connectivity index (χ2v) is 6.24. The van der Waals surface area contributed by atoms with Crippen LogP contribution in [-0.4, -0.2) is 41.3 Å². The smallest absolute Gasteiger partial charge is 0.225 e. The molecule has 3 heterocycles. The summed E-state index contributed by atoms with van der Waals surface area (Å²) in [6.45, 7) is 5.13. The number of thiazole rings is 1. The maximum absolute atomic E-state index is 14.0. The van der Waals surface area contributed by atoms with Crippen LogP contribution < -0.4 is 10.2 Å². The van der Waals surface area contributed by atoms with Crippen molar-refractivity contribution >= 4 is 23.1 Å². The predicted molar refractivity (Wildman–Crippen MR) is 88.5 cm³/mol. The van der Waals surface area contributed by atoms with Gasteiger partial charge in [-0.25, -0.2) is 14.4 Å². The van der Waals surface area contributed by atoms with Crippen molar-refractivity contribution in [3.8, 4) is 0 Å². The lowest BCUT2D eigenvalue weighted by atomic mass is 10.3. The lowest BCUT2D eigenvalue weighted by Gasteiger charge is -2.28. The van der Waals surface area contributed by atoms with Crippen LogP contribution in [-0.2, 0) is 17.7 Å². The molecule has 1 aliphatic rings. The van der Waals surface area contributed by atoms with Gasteiger partial charge in [-0.2, -0.15) is 4.98 Å². The van der Waals surface area contributed by atoms with Crippen molar-refractivity contribution in [2.75, 3.05) is 36.5 Å². The Morgan fingerprint density at radius 3 is 2.96 bits per heavy atom. The molecule has 1 N–H and O–H groups in total. The van der Waals surface area contributed by atoms with Crippen molar-refractivity contribution < 1.29 is 9.13 Å². The number of hydrogen-bond acceptors (Lipinski definition) is 7. The molecule has 0 unspecified atom stereocenters. The molecule has 0 spiro atoms. The molecular formula is C15H20FN5OS. The van der Waals surface area contributed by atoms with E-state index in [1.807, 2.05) is 10.3 Å². The normalized spacial score (nSPS) is 15.0. The van der Waals surface area contributed by atoms with Gasteiger partial charge in [-0.3, -0.25) is 0 Å². The molecule has 0 bridgehead atoms. The van der Waals surface area contributed by atoms with E-state index in [-0.39, 0.29) is 0 Å². The van der Waals surface area contributed by atoms with E-state index in [1.165, 1.54) is 6.20 Å². The molecule has 6 nitrogen and oxygen atoms in total. The average Bonchev–Trinajstić information content (AvgIpc) is 3.03. The highest BCUT2D eigenvalue weighted by Gasteiger charge is 2.17. The Morgan fingerprint density at radius 2 is 2.17 bits per heavy atom. The summed E-state index contributed by atoms with van der Waals surface area (Å²) >= 11 is 1.66. The molecule has 3 rings (SSSR count). The minimum Gasteiger partial charge on any atom is -0.378 e. The third kappa shape index (κ3) is 4.14. The second kappa shape index (κ2) is 7.65. The van der Waals surface area contributed by atoms with Gasteiger partial charge in [0.1, 0.15) is 0 Å². The fourth-order valence-electron chi connectivity index (χ4n) is 2.37. The number of rotatable bonds is 6.